The van der Waals surface area contributed by atoms with Crippen LogP contribution in [0.1, 0.15) is 13.3 Å². The number of carboxylic acid groups (broad SMARTS) is 2. The molecule has 0 heterocycles. The summed E-state index contributed by atoms with van der Waals surface area (Å²) in [7, 11) is -4.00. The molecule has 0 bridgehead atoms. The molecule has 0 fully saturated rings. The molecule has 8 heteroatoms. The van der Waals surface area contributed by atoms with Crippen molar-refractivity contribution >= 4 is 22.0 Å². The lowest BCUT2D eigenvalue weighted by molar-refractivity contribution is -0.143. The molecule has 110 valence electrons. The van der Waals surface area contributed by atoms with E-state index in [0.717, 1.165) is 0 Å². The number of sulfonamides is 1. The van der Waals surface area contributed by atoms with E-state index < -0.39 is 33.9 Å². The predicted octanol–water partition coefficient (Wildman–Crippen LogP) is 0.529. The van der Waals surface area contributed by atoms with Gasteiger partial charge in [-0.05, 0) is 18.6 Å². The summed E-state index contributed by atoms with van der Waals surface area (Å²) in [5.41, 5.74) is 0. The Balaban J connectivity index is 2.91. The minimum absolute atomic E-state index is 0.0748. The molecule has 0 radical (unpaired) electrons. The lowest BCUT2D eigenvalue weighted by Crippen LogP contribution is -2.42. The number of carboxylic acids is 2. The van der Waals surface area contributed by atoms with Crippen LogP contribution in [0.25, 0.3) is 0 Å². The predicted molar refractivity (Wildman–Crippen MR) is 69.6 cm³/mol. The van der Waals surface area contributed by atoms with Crippen LogP contribution in [-0.2, 0) is 19.6 Å². The molecular formula is C12H15NO6S. The molecule has 20 heavy (non-hydrogen) atoms. The summed E-state index contributed by atoms with van der Waals surface area (Å²) in [6.45, 7) is 1.31. The van der Waals surface area contributed by atoms with Crippen molar-refractivity contribution in [2.24, 2.45) is 5.92 Å². The fraction of sp³-hybridized carbons (Fsp3) is 0.333. The van der Waals surface area contributed by atoms with Crippen LogP contribution < -0.4 is 4.72 Å². The van der Waals surface area contributed by atoms with E-state index in [1.54, 1.807) is 6.07 Å². The van der Waals surface area contributed by atoms with E-state index >= 15 is 0 Å². The molecule has 2 atom stereocenters. The van der Waals surface area contributed by atoms with Crippen LogP contribution in [0.5, 0.6) is 0 Å². The number of aliphatic carboxylic acids is 2. The Morgan fingerprint density at radius 1 is 1.15 bits per heavy atom. The van der Waals surface area contributed by atoms with Gasteiger partial charge >= 0.3 is 11.9 Å². The third-order valence-corrected chi connectivity index (χ3v) is 4.15. The highest BCUT2D eigenvalue weighted by molar-refractivity contribution is 7.89. The van der Waals surface area contributed by atoms with Gasteiger partial charge in [0.25, 0.3) is 0 Å². The molecule has 0 saturated heterocycles. The Hall–Kier alpha value is -1.93. The van der Waals surface area contributed by atoms with E-state index in [2.05, 4.69) is 0 Å². The van der Waals surface area contributed by atoms with Gasteiger partial charge in [-0.3, -0.25) is 9.59 Å². The molecular weight excluding hydrogens is 286 g/mol. The van der Waals surface area contributed by atoms with E-state index in [4.69, 9.17) is 10.2 Å². The van der Waals surface area contributed by atoms with E-state index in [9.17, 15) is 18.0 Å². The summed E-state index contributed by atoms with van der Waals surface area (Å²) in [4.78, 5) is 21.7. The fourth-order valence-electron chi connectivity index (χ4n) is 1.51. The minimum Gasteiger partial charge on any atom is -0.481 e. The number of nitrogens with one attached hydrogen (secondary N) is 1. The number of hydrogen-bond acceptors (Lipinski definition) is 4. The van der Waals surface area contributed by atoms with Gasteiger partial charge in [-0.1, -0.05) is 25.1 Å². The smallest absolute Gasteiger partial charge is 0.321 e. The SMILES string of the molecule is CC(C[C@H](NS(=O)(=O)c1ccccc1)C(=O)O)C(=O)O. The van der Waals surface area contributed by atoms with Crippen LogP contribution in [-0.4, -0.2) is 36.6 Å². The molecule has 1 aromatic carbocycles. The van der Waals surface area contributed by atoms with E-state index in [-0.39, 0.29) is 11.3 Å². The van der Waals surface area contributed by atoms with Crippen LogP contribution >= 0.6 is 0 Å². The second kappa shape index (κ2) is 6.49. The molecule has 0 aliphatic rings. The van der Waals surface area contributed by atoms with Crippen molar-refractivity contribution in [1.82, 2.24) is 4.72 Å². The van der Waals surface area contributed by atoms with Crippen LogP contribution in [0.2, 0.25) is 0 Å². The summed E-state index contributed by atoms with van der Waals surface area (Å²) in [5, 5.41) is 17.8. The zero-order valence-corrected chi connectivity index (χ0v) is 11.5. The lowest BCUT2D eigenvalue weighted by Gasteiger charge is -2.16. The Bertz CT molecular complexity index is 583. The third kappa shape index (κ3) is 4.32. The fourth-order valence-corrected chi connectivity index (χ4v) is 2.73. The zero-order chi connectivity index (χ0) is 15.3. The molecule has 1 aromatic rings. The lowest BCUT2D eigenvalue weighted by atomic mass is 10.0. The van der Waals surface area contributed by atoms with Gasteiger partial charge in [0.1, 0.15) is 6.04 Å². The van der Waals surface area contributed by atoms with E-state index in [1.807, 2.05) is 4.72 Å². The first-order valence-corrected chi connectivity index (χ1v) is 7.25. The molecule has 0 aromatic heterocycles. The Morgan fingerprint density at radius 3 is 2.15 bits per heavy atom. The van der Waals surface area contributed by atoms with E-state index in [0.29, 0.717) is 0 Å². The van der Waals surface area contributed by atoms with Crippen LogP contribution in [0, 0.1) is 5.92 Å². The molecule has 0 aliphatic heterocycles. The maximum Gasteiger partial charge on any atom is 0.321 e. The van der Waals surface area contributed by atoms with Crippen LogP contribution in [0.15, 0.2) is 35.2 Å². The minimum atomic E-state index is -4.00. The van der Waals surface area contributed by atoms with Gasteiger partial charge in [0, 0.05) is 0 Å². The molecule has 1 unspecified atom stereocenters. The van der Waals surface area contributed by atoms with Crippen molar-refractivity contribution in [3.63, 3.8) is 0 Å². The average Bonchev–Trinajstić information content (AvgIpc) is 2.38. The highest BCUT2D eigenvalue weighted by atomic mass is 32.2. The number of rotatable bonds is 7. The molecule has 0 spiro atoms. The van der Waals surface area contributed by atoms with Gasteiger partial charge in [-0.15, -0.1) is 0 Å². The average molecular weight is 301 g/mol. The topological polar surface area (TPSA) is 121 Å². The maximum absolute atomic E-state index is 12.0. The first-order chi connectivity index (χ1) is 9.24. The number of carbonyl (C=O) groups is 2. The second-order valence-corrected chi connectivity index (χ2v) is 6.01. The van der Waals surface area contributed by atoms with Crippen LogP contribution in [0.4, 0.5) is 0 Å². The summed E-state index contributed by atoms with van der Waals surface area (Å²) in [5.74, 6) is -3.58. The second-order valence-electron chi connectivity index (χ2n) is 4.30. The summed E-state index contributed by atoms with van der Waals surface area (Å²) >= 11 is 0. The van der Waals surface area contributed by atoms with Gasteiger partial charge in [-0.25, -0.2) is 8.42 Å². The van der Waals surface area contributed by atoms with Crippen molar-refractivity contribution in [2.45, 2.75) is 24.3 Å². The van der Waals surface area contributed by atoms with Crippen molar-refractivity contribution in [2.75, 3.05) is 0 Å². The van der Waals surface area contributed by atoms with Gasteiger partial charge < -0.3 is 10.2 Å². The van der Waals surface area contributed by atoms with Gasteiger partial charge in [-0.2, -0.15) is 4.72 Å². The van der Waals surface area contributed by atoms with Crippen molar-refractivity contribution < 1.29 is 28.2 Å². The zero-order valence-electron chi connectivity index (χ0n) is 10.7. The van der Waals surface area contributed by atoms with Gasteiger partial charge in [0.2, 0.25) is 10.0 Å². The molecule has 0 amide bonds. The quantitative estimate of drug-likeness (QED) is 0.675. The normalized spacial score (nSPS) is 14.4. The summed E-state index contributed by atoms with van der Waals surface area (Å²) < 4.78 is 26.0. The van der Waals surface area contributed by atoms with Gasteiger partial charge in [0.05, 0.1) is 10.8 Å². The molecule has 0 saturated carbocycles. The Labute approximate surface area is 116 Å². The van der Waals surface area contributed by atoms with Gasteiger partial charge in [0.15, 0.2) is 0 Å². The first kappa shape index (κ1) is 16.1. The maximum atomic E-state index is 12.0. The highest BCUT2D eigenvalue weighted by Gasteiger charge is 2.28. The monoisotopic (exact) mass is 301 g/mol. The Morgan fingerprint density at radius 2 is 1.70 bits per heavy atom. The molecule has 1 rings (SSSR count). The summed E-state index contributed by atoms with van der Waals surface area (Å²) in [6.07, 6.45) is -0.337. The number of hydrogen-bond donors (Lipinski definition) is 3. The summed E-state index contributed by atoms with van der Waals surface area (Å²) in [6, 6.07) is 5.78. The third-order valence-electron chi connectivity index (χ3n) is 2.66. The van der Waals surface area contributed by atoms with Crippen molar-refractivity contribution in [3.05, 3.63) is 30.3 Å². The first-order valence-electron chi connectivity index (χ1n) is 5.77. The molecule has 0 aliphatic carbocycles. The van der Waals surface area contributed by atoms with E-state index in [1.165, 1.54) is 31.2 Å². The largest absolute Gasteiger partial charge is 0.481 e. The van der Waals surface area contributed by atoms with Crippen LogP contribution in [0.3, 0.4) is 0 Å². The van der Waals surface area contributed by atoms with Crippen molar-refractivity contribution in [3.8, 4) is 0 Å². The highest BCUT2D eigenvalue weighted by Crippen LogP contribution is 2.12. The molecule has 3 N–H and O–H groups in total. The number of benzene rings is 1. The Kier molecular flexibility index (Phi) is 5.23. The standard InChI is InChI=1S/C12H15NO6S/c1-8(11(14)15)7-10(12(16)17)13-20(18,19)9-5-3-2-4-6-9/h2-6,8,10,13H,7H2,1H3,(H,14,15)(H,16,17)/t8?,10-/m0/s1. The molecule has 7 nitrogen and oxygen atoms in total. The van der Waals surface area contributed by atoms with Crippen molar-refractivity contribution in [1.29, 1.82) is 0 Å².